The number of hydrogen-bond donors (Lipinski definition) is 2. The Kier molecular flexibility index (Phi) is 5.37. The van der Waals surface area contributed by atoms with Crippen molar-refractivity contribution in [3.8, 4) is 11.5 Å². The van der Waals surface area contributed by atoms with Crippen LogP contribution in [0.25, 0.3) is 0 Å². The summed E-state index contributed by atoms with van der Waals surface area (Å²) in [5.41, 5.74) is -0.479. The molecule has 136 valence electrons. The van der Waals surface area contributed by atoms with Crippen LogP contribution in [0.5, 0.6) is 11.5 Å². The molecule has 0 radical (unpaired) electrons. The summed E-state index contributed by atoms with van der Waals surface area (Å²) in [6.45, 7) is 1.06. The summed E-state index contributed by atoms with van der Waals surface area (Å²) in [6, 6.07) is 3.41. The van der Waals surface area contributed by atoms with Gasteiger partial charge >= 0.3 is 5.97 Å². The van der Waals surface area contributed by atoms with Gasteiger partial charge in [0.1, 0.15) is 5.54 Å². The van der Waals surface area contributed by atoms with Crippen LogP contribution in [-0.2, 0) is 16.0 Å². The Labute approximate surface area is 151 Å². The quantitative estimate of drug-likeness (QED) is 0.854. The molecule has 3 rings (SSSR count). The molecular weight excluding hydrogens is 346 g/mol. The number of carboxylic acid groups (broad SMARTS) is 1. The third-order valence-electron chi connectivity index (χ3n) is 4.72. The van der Waals surface area contributed by atoms with Crippen LogP contribution in [0, 0.1) is 0 Å². The smallest absolute Gasteiger partial charge is 0.329 e. The highest BCUT2D eigenvalue weighted by atomic mass is 35.5. The van der Waals surface area contributed by atoms with E-state index in [0.717, 1.165) is 25.7 Å². The highest BCUT2D eigenvalue weighted by Crippen LogP contribution is 2.38. The molecule has 0 aromatic heterocycles. The van der Waals surface area contributed by atoms with Crippen molar-refractivity contribution in [2.45, 2.75) is 50.5 Å². The first-order valence-corrected chi connectivity index (χ1v) is 9.00. The lowest BCUT2D eigenvalue weighted by molar-refractivity contribution is -0.149. The van der Waals surface area contributed by atoms with E-state index in [2.05, 4.69) is 5.32 Å². The number of fused-ring (bicyclic) bond motifs is 1. The van der Waals surface area contributed by atoms with E-state index < -0.39 is 11.5 Å². The molecule has 1 fully saturated rings. The first kappa shape index (κ1) is 17.9. The minimum atomic E-state index is -1.15. The standard InChI is InChI=1S/C18H22ClNO5/c19-13-9-12(10-14-16(13)25-8-4-7-24-14)11-15(21)20-18(17(22)23)5-2-1-3-6-18/h9-10H,1-8,11H2,(H,20,21)(H,22,23). The summed E-state index contributed by atoms with van der Waals surface area (Å²) >= 11 is 6.24. The van der Waals surface area contributed by atoms with E-state index in [0.29, 0.717) is 48.1 Å². The zero-order valence-corrected chi connectivity index (χ0v) is 14.7. The van der Waals surface area contributed by atoms with Crippen molar-refractivity contribution in [1.29, 1.82) is 0 Å². The lowest BCUT2D eigenvalue weighted by Crippen LogP contribution is -2.55. The highest BCUT2D eigenvalue weighted by Gasteiger charge is 2.40. The van der Waals surface area contributed by atoms with Crippen LogP contribution >= 0.6 is 11.6 Å². The fourth-order valence-corrected chi connectivity index (χ4v) is 3.72. The maximum atomic E-state index is 12.4. The van der Waals surface area contributed by atoms with Crippen LogP contribution in [0.4, 0.5) is 0 Å². The van der Waals surface area contributed by atoms with Gasteiger partial charge in [0.05, 0.1) is 24.7 Å². The number of halogens is 1. The predicted molar refractivity (Wildman–Crippen MR) is 92.4 cm³/mol. The van der Waals surface area contributed by atoms with Gasteiger partial charge in [-0.15, -0.1) is 0 Å². The Balaban J connectivity index is 1.73. The first-order valence-electron chi connectivity index (χ1n) is 8.63. The zero-order chi connectivity index (χ0) is 17.9. The van der Waals surface area contributed by atoms with Crippen molar-refractivity contribution in [2.75, 3.05) is 13.2 Å². The number of carbonyl (C=O) groups is 2. The maximum Gasteiger partial charge on any atom is 0.329 e. The summed E-state index contributed by atoms with van der Waals surface area (Å²) in [7, 11) is 0. The molecule has 1 heterocycles. The molecule has 0 atom stereocenters. The predicted octanol–water partition coefficient (Wildman–Crippen LogP) is 2.95. The average molecular weight is 368 g/mol. The Bertz CT molecular complexity index is 670. The minimum absolute atomic E-state index is 0.0470. The second-order valence-electron chi connectivity index (χ2n) is 6.63. The largest absolute Gasteiger partial charge is 0.489 e. The van der Waals surface area contributed by atoms with Crippen molar-refractivity contribution < 1.29 is 24.2 Å². The van der Waals surface area contributed by atoms with Gasteiger partial charge in [0.2, 0.25) is 5.91 Å². The topological polar surface area (TPSA) is 84.9 Å². The first-order chi connectivity index (χ1) is 12.0. The number of amides is 1. The molecule has 1 aliphatic carbocycles. The van der Waals surface area contributed by atoms with Gasteiger partial charge in [-0.3, -0.25) is 4.79 Å². The van der Waals surface area contributed by atoms with Gasteiger partial charge in [-0.1, -0.05) is 30.9 Å². The molecule has 1 aliphatic heterocycles. The van der Waals surface area contributed by atoms with Crippen molar-refractivity contribution in [3.63, 3.8) is 0 Å². The van der Waals surface area contributed by atoms with Crippen LogP contribution in [0.3, 0.4) is 0 Å². The third kappa shape index (κ3) is 4.00. The fraction of sp³-hybridized carbons (Fsp3) is 0.556. The lowest BCUT2D eigenvalue weighted by atomic mass is 9.81. The van der Waals surface area contributed by atoms with E-state index in [-0.39, 0.29) is 12.3 Å². The van der Waals surface area contributed by atoms with Gasteiger partial charge in [0.15, 0.2) is 11.5 Å². The van der Waals surface area contributed by atoms with Gasteiger partial charge in [-0.05, 0) is 30.5 Å². The molecule has 0 spiro atoms. The van der Waals surface area contributed by atoms with E-state index in [9.17, 15) is 14.7 Å². The SMILES string of the molecule is O=C(Cc1cc(Cl)c2c(c1)OCCCO2)NC1(C(=O)O)CCCCC1. The molecule has 2 aliphatic rings. The van der Waals surface area contributed by atoms with Gasteiger partial charge in [0.25, 0.3) is 0 Å². The lowest BCUT2D eigenvalue weighted by Gasteiger charge is -2.34. The molecular formula is C18H22ClNO5. The summed E-state index contributed by atoms with van der Waals surface area (Å²) < 4.78 is 11.2. The number of benzene rings is 1. The molecule has 7 heteroatoms. The molecule has 0 bridgehead atoms. The Morgan fingerprint density at radius 2 is 1.84 bits per heavy atom. The van der Waals surface area contributed by atoms with Crippen LogP contribution in [-0.4, -0.2) is 35.7 Å². The number of carboxylic acids is 1. The molecule has 1 aromatic carbocycles. The molecule has 1 amide bonds. The van der Waals surface area contributed by atoms with Gasteiger partial charge in [-0.2, -0.15) is 0 Å². The van der Waals surface area contributed by atoms with Gasteiger partial charge in [0, 0.05) is 6.42 Å². The number of ether oxygens (including phenoxy) is 2. The number of hydrogen-bond acceptors (Lipinski definition) is 4. The molecule has 0 unspecified atom stereocenters. The summed E-state index contributed by atoms with van der Waals surface area (Å²) in [6.07, 6.45) is 4.37. The van der Waals surface area contributed by atoms with Gasteiger partial charge < -0.3 is 19.9 Å². The molecule has 2 N–H and O–H groups in total. The Morgan fingerprint density at radius 1 is 1.12 bits per heavy atom. The summed E-state index contributed by atoms with van der Waals surface area (Å²) in [5, 5.41) is 12.7. The van der Waals surface area contributed by atoms with Crippen LogP contribution < -0.4 is 14.8 Å². The second-order valence-corrected chi connectivity index (χ2v) is 7.04. The second kappa shape index (κ2) is 7.52. The monoisotopic (exact) mass is 367 g/mol. The van der Waals surface area contributed by atoms with E-state index in [1.807, 2.05) is 0 Å². The zero-order valence-electron chi connectivity index (χ0n) is 14.0. The van der Waals surface area contributed by atoms with Crippen molar-refractivity contribution in [2.24, 2.45) is 0 Å². The Morgan fingerprint density at radius 3 is 2.56 bits per heavy atom. The van der Waals surface area contributed by atoms with E-state index in [4.69, 9.17) is 21.1 Å². The number of nitrogens with one attached hydrogen (secondary N) is 1. The normalized spacial score (nSPS) is 18.9. The average Bonchev–Trinajstić information content (AvgIpc) is 2.81. The molecule has 1 saturated carbocycles. The number of rotatable bonds is 4. The number of carbonyl (C=O) groups excluding carboxylic acids is 1. The Hall–Kier alpha value is -1.95. The fourth-order valence-electron chi connectivity index (χ4n) is 3.43. The molecule has 6 nitrogen and oxygen atoms in total. The maximum absolute atomic E-state index is 12.4. The number of aliphatic carboxylic acids is 1. The third-order valence-corrected chi connectivity index (χ3v) is 5.00. The highest BCUT2D eigenvalue weighted by molar-refractivity contribution is 6.32. The minimum Gasteiger partial charge on any atom is -0.489 e. The van der Waals surface area contributed by atoms with Crippen LogP contribution in [0.1, 0.15) is 44.1 Å². The molecule has 1 aromatic rings. The van der Waals surface area contributed by atoms with Crippen molar-refractivity contribution in [1.82, 2.24) is 5.32 Å². The van der Waals surface area contributed by atoms with E-state index >= 15 is 0 Å². The van der Waals surface area contributed by atoms with Crippen LogP contribution in [0.2, 0.25) is 5.02 Å². The molecule has 0 saturated heterocycles. The van der Waals surface area contributed by atoms with E-state index in [1.165, 1.54) is 0 Å². The summed E-state index contributed by atoms with van der Waals surface area (Å²) in [4.78, 5) is 24.1. The van der Waals surface area contributed by atoms with Gasteiger partial charge in [-0.25, -0.2) is 4.79 Å². The van der Waals surface area contributed by atoms with E-state index in [1.54, 1.807) is 12.1 Å². The van der Waals surface area contributed by atoms with Crippen molar-refractivity contribution >= 4 is 23.5 Å². The molecule has 25 heavy (non-hydrogen) atoms. The summed E-state index contributed by atoms with van der Waals surface area (Å²) in [5.74, 6) is -0.261. The van der Waals surface area contributed by atoms with Crippen LogP contribution in [0.15, 0.2) is 12.1 Å². The van der Waals surface area contributed by atoms with Crippen molar-refractivity contribution in [3.05, 3.63) is 22.7 Å².